The Balaban J connectivity index is 1.62. The molecule has 0 spiro atoms. The van der Waals surface area contributed by atoms with E-state index < -0.39 is 0 Å². The molecule has 1 heterocycles. The average Bonchev–Trinajstić information content (AvgIpc) is 3.10. The fourth-order valence-electron chi connectivity index (χ4n) is 2.48. The first-order chi connectivity index (χ1) is 7.29. The summed E-state index contributed by atoms with van der Waals surface area (Å²) in [5, 5.41) is 3.67. The first kappa shape index (κ1) is 11.4. The number of hydrogen-bond acceptors (Lipinski definition) is 2. The monoisotopic (exact) mass is 210 g/mol. The largest absolute Gasteiger partial charge is 0.314 e. The van der Waals surface area contributed by atoms with Crippen molar-refractivity contribution in [1.82, 2.24) is 10.2 Å². The van der Waals surface area contributed by atoms with Crippen molar-refractivity contribution in [3.63, 3.8) is 0 Å². The maximum absolute atomic E-state index is 3.67. The van der Waals surface area contributed by atoms with Gasteiger partial charge >= 0.3 is 0 Å². The second-order valence-corrected chi connectivity index (χ2v) is 5.42. The summed E-state index contributed by atoms with van der Waals surface area (Å²) in [6.07, 6.45) is 6.95. The van der Waals surface area contributed by atoms with Gasteiger partial charge in [0.15, 0.2) is 0 Å². The average molecular weight is 210 g/mol. The van der Waals surface area contributed by atoms with Gasteiger partial charge in [0.05, 0.1) is 0 Å². The van der Waals surface area contributed by atoms with Crippen LogP contribution in [-0.2, 0) is 0 Å². The van der Waals surface area contributed by atoms with E-state index in [1.807, 2.05) is 0 Å². The summed E-state index contributed by atoms with van der Waals surface area (Å²) in [7, 11) is 0. The van der Waals surface area contributed by atoms with Gasteiger partial charge in [-0.2, -0.15) is 0 Å². The van der Waals surface area contributed by atoms with E-state index in [1.165, 1.54) is 51.7 Å². The van der Waals surface area contributed by atoms with Gasteiger partial charge < -0.3 is 10.2 Å². The van der Waals surface area contributed by atoms with Crippen LogP contribution in [0.2, 0.25) is 0 Å². The fourth-order valence-corrected chi connectivity index (χ4v) is 2.48. The van der Waals surface area contributed by atoms with Gasteiger partial charge in [-0.25, -0.2) is 0 Å². The Labute approximate surface area is 94.4 Å². The number of nitrogens with one attached hydrogen (secondary N) is 1. The number of piperidine rings is 1. The lowest BCUT2D eigenvalue weighted by Gasteiger charge is -2.35. The van der Waals surface area contributed by atoms with Gasteiger partial charge in [0.1, 0.15) is 0 Å². The first-order valence-corrected chi connectivity index (χ1v) is 6.77. The van der Waals surface area contributed by atoms with Crippen molar-refractivity contribution in [1.29, 1.82) is 0 Å². The van der Waals surface area contributed by atoms with E-state index in [-0.39, 0.29) is 0 Å². The van der Waals surface area contributed by atoms with E-state index in [1.54, 1.807) is 0 Å². The molecule has 1 saturated carbocycles. The van der Waals surface area contributed by atoms with Gasteiger partial charge in [0.25, 0.3) is 0 Å². The summed E-state index contributed by atoms with van der Waals surface area (Å²) < 4.78 is 0. The van der Waals surface area contributed by atoms with Crippen molar-refractivity contribution in [3.05, 3.63) is 0 Å². The Kier molecular flexibility index (Phi) is 4.04. The van der Waals surface area contributed by atoms with Crippen LogP contribution in [0.1, 0.15) is 46.0 Å². The zero-order valence-corrected chi connectivity index (χ0v) is 10.3. The molecule has 1 aliphatic carbocycles. The molecular weight excluding hydrogens is 184 g/mol. The molecule has 0 bridgehead atoms. The standard InChI is InChI=1S/C13H26N2/c1-3-11(2)15-8-6-12(7-9-15)10-14-13-4-5-13/h11-14H,3-10H2,1-2H3. The highest BCUT2D eigenvalue weighted by Gasteiger charge is 2.25. The number of hydrogen-bond donors (Lipinski definition) is 1. The lowest BCUT2D eigenvalue weighted by molar-refractivity contribution is 0.137. The van der Waals surface area contributed by atoms with Crippen molar-refractivity contribution in [2.75, 3.05) is 19.6 Å². The highest BCUT2D eigenvalue weighted by molar-refractivity contribution is 4.83. The lowest BCUT2D eigenvalue weighted by Crippen LogP contribution is -2.41. The number of likely N-dealkylation sites (tertiary alicyclic amines) is 1. The van der Waals surface area contributed by atoms with Crippen molar-refractivity contribution in [2.45, 2.75) is 58.0 Å². The van der Waals surface area contributed by atoms with Crippen molar-refractivity contribution in [2.24, 2.45) is 5.92 Å². The highest BCUT2D eigenvalue weighted by atomic mass is 15.2. The van der Waals surface area contributed by atoms with E-state index >= 15 is 0 Å². The summed E-state index contributed by atoms with van der Waals surface area (Å²) in [5.41, 5.74) is 0. The van der Waals surface area contributed by atoms with E-state index in [4.69, 9.17) is 0 Å². The zero-order chi connectivity index (χ0) is 10.7. The highest BCUT2D eigenvalue weighted by Crippen LogP contribution is 2.22. The number of nitrogens with zero attached hydrogens (tertiary/aromatic N) is 1. The maximum atomic E-state index is 3.67. The smallest absolute Gasteiger partial charge is 0.00683 e. The quantitative estimate of drug-likeness (QED) is 0.749. The minimum atomic E-state index is 0.794. The normalized spacial score (nSPS) is 26.8. The molecule has 2 rings (SSSR count). The summed E-state index contributed by atoms with van der Waals surface area (Å²) in [6.45, 7) is 8.59. The molecule has 1 unspecified atom stereocenters. The van der Waals surface area contributed by atoms with Crippen molar-refractivity contribution < 1.29 is 0 Å². The molecule has 2 aliphatic rings. The first-order valence-electron chi connectivity index (χ1n) is 6.77. The van der Waals surface area contributed by atoms with Gasteiger partial charge in [0, 0.05) is 12.1 Å². The van der Waals surface area contributed by atoms with Crippen LogP contribution in [0.3, 0.4) is 0 Å². The van der Waals surface area contributed by atoms with Crippen LogP contribution in [0.25, 0.3) is 0 Å². The van der Waals surface area contributed by atoms with Crippen molar-refractivity contribution >= 4 is 0 Å². The van der Waals surface area contributed by atoms with Gasteiger partial charge in [-0.15, -0.1) is 0 Å². The van der Waals surface area contributed by atoms with Crippen LogP contribution < -0.4 is 5.32 Å². The van der Waals surface area contributed by atoms with Gasteiger partial charge in [-0.1, -0.05) is 6.92 Å². The zero-order valence-electron chi connectivity index (χ0n) is 10.3. The van der Waals surface area contributed by atoms with E-state index in [0.717, 1.165) is 18.0 Å². The Morgan fingerprint density at radius 1 is 1.20 bits per heavy atom. The van der Waals surface area contributed by atoms with E-state index in [0.29, 0.717) is 0 Å². The Morgan fingerprint density at radius 3 is 2.40 bits per heavy atom. The second kappa shape index (κ2) is 5.31. The topological polar surface area (TPSA) is 15.3 Å². The summed E-state index contributed by atoms with van der Waals surface area (Å²) in [6, 6.07) is 1.68. The molecule has 1 aliphatic heterocycles. The molecule has 88 valence electrons. The molecule has 0 radical (unpaired) electrons. The molecular formula is C13H26N2. The van der Waals surface area contributed by atoms with Crippen LogP contribution in [0.4, 0.5) is 0 Å². The molecule has 0 aromatic rings. The predicted octanol–water partition coefficient (Wildman–Crippen LogP) is 2.25. The minimum absolute atomic E-state index is 0.794. The Morgan fingerprint density at radius 2 is 1.87 bits per heavy atom. The van der Waals surface area contributed by atoms with Gasteiger partial charge in [0.2, 0.25) is 0 Å². The van der Waals surface area contributed by atoms with Crippen LogP contribution in [0, 0.1) is 5.92 Å². The SMILES string of the molecule is CCC(C)N1CCC(CNC2CC2)CC1. The van der Waals surface area contributed by atoms with Crippen LogP contribution in [-0.4, -0.2) is 36.6 Å². The molecule has 0 amide bonds. The van der Waals surface area contributed by atoms with Crippen LogP contribution in [0.5, 0.6) is 0 Å². The summed E-state index contributed by atoms with van der Waals surface area (Å²) in [4.78, 5) is 2.66. The fraction of sp³-hybridized carbons (Fsp3) is 1.00. The molecule has 2 fully saturated rings. The summed E-state index contributed by atoms with van der Waals surface area (Å²) >= 11 is 0. The Hall–Kier alpha value is -0.0800. The van der Waals surface area contributed by atoms with Crippen LogP contribution in [0.15, 0.2) is 0 Å². The summed E-state index contributed by atoms with van der Waals surface area (Å²) in [5.74, 6) is 0.950. The lowest BCUT2D eigenvalue weighted by atomic mass is 9.95. The van der Waals surface area contributed by atoms with Gasteiger partial charge in [-0.05, 0) is 64.6 Å². The molecule has 1 N–H and O–H groups in total. The molecule has 15 heavy (non-hydrogen) atoms. The van der Waals surface area contributed by atoms with E-state index in [2.05, 4.69) is 24.1 Å². The van der Waals surface area contributed by atoms with Crippen LogP contribution >= 0.6 is 0 Å². The third kappa shape index (κ3) is 3.46. The molecule has 2 nitrogen and oxygen atoms in total. The third-order valence-corrected chi connectivity index (χ3v) is 4.14. The predicted molar refractivity (Wildman–Crippen MR) is 65.1 cm³/mol. The van der Waals surface area contributed by atoms with Gasteiger partial charge in [-0.3, -0.25) is 0 Å². The molecule has 0 aromatic heterocycles. The molecule has 2 heteroatoms. The maximum Gasteiger partial charge on any atom is 0.00683 e. The Bertz CT molecular complexity index is 181. The number of rotatable bonds is 5. The van der Waals surface area contributed by atoms with Crippen molar-refractivity contribution in [3.8, 4) is 0 Å². The minimum Gasteiger partial charge on any atom is -0.314 e. The molecule has 0 aromatic carbocycles. The van der Waals surface area contributed by atoms with E-state index in [9.17, 15) is 0 Å². The second-order valence-electron chi connectivity index (χ2n) is 5.42. The molecule has 1 saturated heterocycles. The molecule has 1 atom stereocenters. The third-order valence-electron chi connectivity index (χ3n) is 4.14.